The minimum Gasteiger partial charge on any atom is -0.496 e. The molecule has 1 atom stereocenters. The highest BCUT2D eigenvalue weighted by molar-refractivity contribution is 7.07. The van der Waals surface area contributed by atoms with Crippen molar-refractivity contribution < 1.29 is 23.7 Å². The molecule has 0 saturated carbocycles. The average molecular weight is 559 g/mol. The number of esters is 1. The van der Waals surface area contributed by atoms with Crippen molar-refractivity contribution in [2.75, 3.05) is 27.9 Å². The van der Waals surface area contributed by atoms with Crippen molar-refractivity contribution in [3.8, 4) is 17.2 Å². The van der Waals surface area contributed by atoms with Crippen LogP contribution in [-0.2, 0) is 9.53 Å². The van der Waals surface area contributed by atoms with Crippen molar-refractivity contribution in [2.24, 2.45) is 4.99 Å². The third kappa shape index (κ3) is 4.66. The Hall–Kier alpha value is -4.37. The van der Waals surface area contributed by atoms with Crippen LogP contribution in [0.3, 0.4) is 0 Å². The van der Waals surface area contributed by atoms with Crippen LogP contribution in [0.4, 0.5) is 0 Å². The molecule has 0 spiro atoms. The van der Waals surface area contributed by atoms with Crippen molar-refractivity contribution in [2.45, 2.75) is 26.3 Å². The highest BCUT2D eigenvalue weighted by Gasteiger charge is 2.35. The number of nitrogens with zero attached hydrogens (tertiary/aromatic N) is 2. The Bertz CT molecular complexity index is 1820. The van der Waals surface area contributed by atoms with Crippen LogP contribution >= 0.6 is 11.3 Å². The topological polar surface area (TPSA) is 88.4 Å². The summed E-state index contributed by atoms with van der Waals surface area (Å²) in [6, 6.07) is 16.3. The lowest BCUT2D eigenvalue weighted by molar-refractivity contribution is -0.136. The quantitative estimate of drug-likeness (QED) is 0.299. The van der Waals surface area contributed by atoms with Crippen LogP contribution in [0.25, 0.3) is 16.8 Å². The predicted molar refractivity (Wildman–Crippen MR) is 155 cm³/mol. The SMILES string of the molecule is CCCOc1c(OC)cccc1[C@@H]1C(C(=O)OC)=C(C)N=c2s/c(=C/c3ccc(OC)c4ccccc34)c(=O)n21. The lowest BCUT2D eigenvalue weighted by atomic mass is 9.94. The lowest BCUT2D eigenvalue weighted by Crippen LogP contribution is -2.40. The molecular formula is C31H30N2O6S. The number of methoxy groups -OCH3 is 3. The van der Waals surface area contributed by atoms with Gasteiger partial charge in [-0.15, -0.1) is 0 Å². The molecule has 1 aromatic heterocycles. The first-order valence-corrected chi connectivity index (χ1v) is 13.7. The van der Waals surface area contributed by atoms with E-state index in [0.717, 1.165) is 28.5 Å². The van der Waals surface area contributed by atoms with Crippen molar-refractivity contribution in [3.05, 3.63) is 96.7 Å². The van der Waals surface area contributed by atoms with Gasteiger partial charge in [0.05, 0.1) is 43.7 Å². The summed E-state index contributed by atoms with van der Waals surface area (Å²) in [6.07, 6.45) is 2.63. The molecule has 1 aliphatic rings. The fourth-order valence-electron chi connectivity index (χ4n) is 4.99. The minimum atomic E-state index is -0.819. The maximum absolute atomic E-state index is 14.1. The van der Waals surface area contributed by atoms with Crippen molar-refractivity contribution >= 4 is 34.2 Å². The van der Waals surface area contributed by atoms with Gasteiger partial charge in [0.25, 0.3) is 5.56 Å². The zero-order valence-corrected chi connectivity index (χ0v) is 23.8. The van der Waals surface area contributed by atoms with Gasteiger partial charge >= 0.3 is 5.97 Å². The molecule has 206 valence electrons. The lowest BCUT2D eigenvalue weighted by Gasteiger charge is -2.26. The number of thiazole rings is 1. The number of rotatable bonds is 8. The van der Waals surface area contributed by atoms with Gasteiger partial charge in [0.15, 0.2) is 16.3 Å². The molecule has 5 rings (SSSR count). The number of carbonyl (C=O) groups excluding carboxylic acids is 1. The maximum Gasteiger partial charge on any atom is 0.338 e. The Morgan fingerprint density at radius 2 is 1.75 bits per heavy atom. The second-order valence-corrected chi connectivity index (χ2v) is 10.2. The Labute approximate surface area is 235 Å². The second kappa shape index (κ2) is 11.4. The zero-order valence-electron chi connectivity index (χ0n) is 23.0. The molecule has 0 N–H and O–H groups in total. The minimum absolute atomic E-state index is 0.269. The molecule has 0 aliphatic carbocycles. The van der Waals surface area contributed by atoms with Crippen LogP contribution in [0, 0.1) is 0 Å². The van der Waals surface area contributed by atoms with Crippen LogP contribution in [-0.4, -0.2) is 38.5 Å². The molecule has 0 unspecified atom stereocenters. The molecule has 2 heterocycles. The standard InChI is InChI=1S/C31H30N2O6S/c1-6-16-39-28-22(12-9-13-24(28)37-4)27-26(30(35)38-5)18(2)32-31-33(27)29(34)25(40-31)17-19-14-15-23(36-3)21-11-8-7-10-20(19)21/h7-15,17,27H,6,16H2,1-5H3/b25-17+/t27-/m1/s1. The Balaban J connectivity index is 1.78. The summed E-state index contributed by atoms with van der Waals surface area (Å²) >= 11 is 1.27. The summed E-state index contributed by atoms with van der Waals surface area (Å²) in [5, 5.41) is 1.90. The predicted octanol–water partition coefficient (Wildman–Crippen LogP) is 4.37. The van der Waals surface area contributed by atoms with E-state index in [1.54, 1.807) is 31.8 Å². The highest BCUT2D eigenvalue weighted by Crippen LogP contribution is 2.41. The van der Waals surface area contributed by atoms with E-state index < -0.39 is 12.0 Å². The molecule has 0 fully saturated rings. The molecule has 4 aromatic rings. The summed E-state index contributed by atoms with van der Waals surface area (Å²) in [7, 11) is 4.52. The number of aromatic nitrogens is 1. The maximum atomic E-state index is 14.1. The summed E-state index contributed by atoms with van der Waals surface area (Å²) < 4.78 is 24.5. The summed E-state index contributed by atoms with van der Waals surface area (Å²) in [5.74, 6) is 1.18. The molecular weight excluding hydrogens is 528 g/mol. The second-order valence-electron chi connectivity index (χ2n) is 9.20. The number of fused-ring (bicyclic) bond motifs is 2. The van der Waals surface area contributed by atoms with Crippen LogP contribution in [0.2, 0.25) is 0 Å². The summed E-state index contributed by atoms with van der Waals surface area (Å²) in [5.41, 5.74) is 1.96. The number of allylic oxidation sites excluding steroid dienone is 1. The average Bonchev–Trinajstić information content (AvgIpc) is 3.28. The van der Waals surface area contributed by atoms with E-state index >= 15 is 0 Å². The Morgan fingerprint density at radius 1 is 1.00 bits per heavy atom. The first-order chi connectivity index (χ1) is 19.4. The van der Waals surface area contributed by atoms with Crippen molar-refractivity contribution in [1.29, 1.82) is 0 Å². The third-order valence-electron chi connectivity index (χ3n) is 6.83. The van der Waals surface area contributed by atoms with E-state index in [1.165, 1.54) is 18.4 Å². The van der Waals surface area contributed by atoms with Crippen LogP contribution in [0.5, 0.6) is 17.2 Å². The number of para-hydroxylation sites is 1. The van der Waals surface area contributed by atoms with E-state index in [4.69, 9.17) is 18.9 Å². The molecule has 0 saturated heterocycles. The number of benzene rings is 3. The first-order valence-electron chi connectivity index (χ1n) is 12.9. The normalized spacial score (nSPS) is 15.0. The number of carbonyl (C=O) groups is 1. The van der Waals surface area contributed by atoms with Crippen LogP contribution < -0.4 is 29.1 Å². The van der Waals surface area contributed by atoms with Gasteiger partial charge in [-0.25, -0.2) is 9.79 Å². The Kier molecular flexibility index (Phi) is 7.75. The van der Waals surface area contributed by atoms with Crippen LogP contribution in [0.15, 0.2) is 75.7 Å². The van der Waals surface area contributed by atoms with Crippen LogP contribution in [0.1, 0.15) is 37.4 Å². The number of ether oxygens (including phenoxy) is 4. The van der Waals surface area contributed by atoms with Gasteiger partial charge in [-0.3, -0.25) is 9.36 Å². The van der Waals surface area contributed by atoms with Crippen molar-refractivity contribution in [3.63, 3.8) is 0 Å². The van der Waals surface area contributed by atoms with Gasteiger partial charge in [-0.1, -0.05) is 60.7 Å². The smallest absolute Gasteiger partial charge is 0.338 e. The Morgan fingerprint density at radius 3 is 2.45 bits per heavy atom. The van der Waals surface area contributed by atoms with Gasteiger partial charge in [0, 0.05) is 10.9 Å². The first kappa shape index (κ1) is 27.2. The van der Waals surface area contributed by atoms with E-state index in [0.29, 0.717) is 38.7 Å². The summed E-state index contributed by atoms with van der Waals surface area (Å²) in [6.45, 7) is 4.20. The number of hydrogen-bond donors (Lipinski definition) is 0. The van der Waals surface area contributed by atoms with E-state index in [2.05, 4.69) is 4.99 Å². The molecule has 1 aliphatic heterocycles. The molecule has 9 heteroatoms. The van der Waals surface area contributed by atoms with Crippen molar-refractivity contribution in [1.82, 2.24) is 4.57 Å². The third-order valence-corrected chi connectivity index (χ3v) is 7.81. The molecule has 3 aromatic carbocycles. The van der Waals surface area contributed by atoms with E-state index in [9.17, 15) is 9.59 Å². The molecule has 8 nitrogen and oxygen atoms in total. The van der Waals surface area contributed by atoms with Gasteiger partial charge < -0.3 is 18.9 Å². The van der Waals surface area contributed by atoms with Gasteiger partial charge in [-0.2, -0.15) is 0 Å². The molecule has 0 radical (unpaired) electrons. The summed E-state index contributed by atoms with van der Waals surface area (Å²) in [4.78, 5) is 32.4. The molecule has 0 amide bonds. The number of hydrogen-bond acceptors (Lipinski definition) is 8. The van der Waals surface area contributed by atoms with Gasteiger partial charge in [0.1, 0.15) is 11.8 Å². The molecule has 40 heavy (non-hydrogen) atoms. The zero-order chi connectivity index (χ0) is 28.4. The molecule has 0 bridgehead atoms. The largest absolute Gasteiger partial charge is 0.496 e. The fraction of sp³-hybridized carbons (Fsp3) is 0.258. The highest BCUT2D eigenvalue weighted by atomic mass is 32.1. The van der Waals surface area contributed by atoms with E-state index in [-0.39, 0.29) is 11.1 Å². The monoisotopic (exact) mass is 558 g/mol. The van der Waals surface area contributed by atoms with Gasteiger partial charge in [0.2, 0.25) is 0 Å². The van der Waals surface area contributed by atoms with Gasteiger partial charge in [-0.05, 0) is 42.5 Å². The van der Waals surface area contributed by atoms with E-state index in [1.807, 2.05) is 61.5 Å². The fourth-order valence-corrected chi connectivity index (χ4v) is 6.03.